The van der Waals surface area contributed by atoms with Crippen molar-refractivity contribution in [3.05, 3.63) is 63.9 Å². The van der Waals surface area contributed by atoms with Crippen LogP contribution in [-0.4, -0.2) is 28.3 Å². The number of carbonyl (C=O) groups is 2. The van der Waals surface area contributed by atoms with Gasteiger partial charge in [-0.3, -0.25) is 24.7 Å². The summed E-state index contributed by atoms with van der Waals surface area (Å²) < 4.78 is 0. The number of H-pyrrole nitrogens is 1. The van der Waals surface area contributed by atoms with Crippen LogP contribution in [0.25, 0.3) is 10.9 Å². The van der Waals surface area contributed by atoms with Gasteiger partial charge in [0.2, 0.25) is 17.8 Å². The van der Waals surface area contributed by atoms with E-state index in [0.29, 0.717) is 29.6 Å². The molecule has 1 heterocycles. The van der Waals surface area contributed by atoms with Gasteiger partial charge >= 0.3 is 0 Å². The monoisotopic (exact) mass is 431 g/mol. The predicted octanol–water partition coefficient (Wildman–Crippen LogP) is 2.65. The Bertz CT molecular complexity index is 1260. The molecule has 8 nitrogen and oxygen atoms in total. The molecule has 3 aromatic rings. The van der Waals surface area contributed by atoms with Crippen molar-refractivity contribution in [2.24, 2.45) is 11.1 Å². The van der Waals surface area contributed by atoms with Crippen LogP contribution < -0.4 is 21.5 Å². The van der Waals surface area contributed by atoms with Crippen LogP contribution in [0.4, 0.5) is 11.6 Å². The average molecular weight is 431 g/mol. The van der Waals surface area contributed by atoms with Crippen molar-refractivity contribution in [3.63, 3.8) is 0 Å². The summed E-state index contributed by atoms with van der Waals surface area (Å²) in [5.74, 6) is 1.99. The summed E-state index contributed by atoms with van der Waals surface area (Å²) >= 11 is 0. The zero-order valence-electron chi connectivity index (χ0n) is 18.2. The maximum atomic E-state index is 12.6. The van der Waals surface area contributed by atoms with Gasteiger partial charge in [0.25, 0.3) is 5.56 Å². The largest absolute Gasteiger partial charge is 0.366 e. The topological polar surface area (TPSA) is 121 Å². The van der Waals surface area contributed by atoms with Crippen molar-refractivity contribution in [2.45, 2.75) is 27.3 Å². The van der Waals surface area contributed by atoms with Gasteiger partial charge in [0.1, 0.15) is 0 Å². The fourth-order valence-electron chi connectivity index (χ4n) is 3.04. The number of nitrogens with one attached hydrogen (secondary N) is 2. The number of hydrogen-bond acceptors (Lipinski definition) is 5. The molecule has 2 aromatic carbocycles. The highest BCUT2D eigenvalue weighted by atomic mass is 16.2. The second-order valence-corrected chi connectivity index (χ2v) is 8.44. The molecule has 164 valence electrons. The van der Waals surface area contributed by atoms with Gasteiger partial charge in [-0.1, -0.05) is 32.8 Å². The molecule has 0 aliphatic rings. The Morgan fingerprint density at radius 2 is 1.88 bits per heavy atom. The minimum absolute atomic E-state index is 0.110. The van der Waals surface area contributed by atoms with E-state index in [4.69, 9.17) is 12.2 Å². The molecule has 0 saturated heterocycles. The first-order chi connectivity index (χ1) is 15.1. The van der Waals surface area contributed by atoms with E-state index in [1.165, 1.54) is 0 Å². The van der Waals surface area contributed by atoms with Crippen LogP contribution in [0, 0.1) is 17.8 Å². The van der Waals surface area contributed by atoms with Gasteiger partial charge in [-0.05, 0) is 42.0 Å². The highest BCUT2D eigenvalue weighted by molar-refractivity contribution is 5.94. The molecule has 0 fully saturated rings. The van der Waals surface area contributed by atoms with Crippen LogP contribution in [0.5, 0.6) is 0 Å². The van der Waals surface area contributed by atoms with Gasteiger partial charge < -0.3 is 10.6 Å². The van der Waals surface area contributed by atoms with Gasteiger partial charge in [0.15, 0.2) is 0 Å². The molecule has 1 aromatic heterocycles. The van der Waals surface area contributed by atoms with Crippen LogP contribution in [-0.2, 0) is 11.3 Å². The number of primary amides is 1. The summed E-state index contributed by atoms with van der Waals surface area (Å²) in [4.78, 5) is 45.0. The van der Waals surface area contributed by atoms with Crippen LogP contribution in [0.2, 0.25) is 0 Å². The molecule has 3 rings (SSSR count). The van der Waals surface area contributed by atoms with E-state index in [0.717, 1.165) is 11.3 Å². The third kappa shape index (κ3) is 5.13. The molecule has 0 unspecified atom stereocenters. The standard InChI is InChI=1S/C24H25N5O3/c1-5-12-29(17-9-7-16(8-10-17)20(25)30)14-15-6-11-19-18(13-15)21(31)27-23(26-19)28-22(32)24(2,3)4/h1,6-11,13H,12,14H2,2-4H3,(H2,25,30)(H2,26,27,28,31,32). The lowest BCUT2D eigenvalue weighted by molar-refractivity contribution is -0.123. The second kappa shape index (κ2) is 8.94. The number of aromatic nitrogens is 2. The molecule has 0 aliphatic heterocycles. The van der Waals surface area contributed by atoms with Gasteiger partial charge in [0, 0.05) is 23.2 Å². The van der Waals surface area contributed by atoms with Crippen LogP contribution >= 0.6 is 0 Å². The maximum Gasteiger partial charge on any atom is 0.260 e. The molecule has 0 bridgehead atoms. The summed E-state index contributed by atoms with van der Waals surface area (Å²) in [5, 5.41) is 3.05. The number of amides is 2. The first-order valence-electron chi connectivity index (χ1n) is 10.0. The number of terminal acetylenes is 1. The van der Waals surface area contributed by atoms with E-state index >= 15 is 0 Å². The number of rotatable bonds is 6. The fraction of sp³-hybridized carbons (Fsp3) is 0.250. The van der Waals surface area contributed by atoms with E-state index < -0.39 is 11.3 Å². The smallest absolute Gasteiger partial charge is 0.260 e. The number of nitrogens with zero attached hydrogens (tertiary/aromatic N) is 2. The Morgan fingerprint density at radius 3 is 2.47 bits per heavy atom. The quantitative estimate of drug-likeness (QED) is 0.518. The first kappa shape index (κ1) is 22.6. The van der Waals surface area contributed by atoms with Crippen LogP contribution in [0.3, 0.4) is 0 Å². The number of aromatic amines is 1. The van der Waals surface area contributed by atoms with Crippen molar-refractivity contribution in [1.82, 2.24) is 9.97 Å². The number of fused-ring (bicyclic) bond motifs is 1. The van der Waals surface area contributed by atoms with Gasteiger partial charge in [-0.2, -0.15) is 0 Å². The summed E-state index contributed by atoms with van der Waals surface area (Å²) in [6, 6.07) is 12.2. The maximum absolute atomic E-state index is 12.6. The normalized spacial score (nSPS) is 11.1. The molecule has 2 amide bonds. The van der Waals surface area contributed by atoms with Crippen LogP contribution in [0.1, 0.15) is 36.7 Å². The van der Waals surface area contributed by atoms with E-state index in [-0.39, 0.29) is 17.4 Å². The first-order valence-corrected chi connectivity index (χ1v) is 10.0. The average Bonchev–Trinajstić information content (AvgIpc) is 2.73. The Morgan fingerprint density at radius 1 is 1.19 bits per heavy atom. The third-order valence-corrected chi connectivity index (χ3v) is 4.86. The van der Waals surface area contributed by atoms with Crippen molar-refractivity contribution < 1.29 is 9.59 Å². The van der Waals surface area contributed by atoms with Crippen molar-refractivity contribution in [3.8, 4) is 12.3 Å². The molecule has 32 heavy (non-hydrogen) atoms. The Kier molecular flexibility index (Phi) is 6.30. The zero-order chi connectivity index (χ0) is 23.5. The minimum atomic E-state index is -0.618. The lowest BCUT2D eigenvalue weighted by Crippen LogP contribution is -2.29. The molecule has 0 aliphatic carbocycles. The predicted molar refractivity (Wildman–Crippen MR) is 125 cm³/mol. The van der Waals surface area contributed by atoms with E-state index in [9.17, 15) is 14.4 Å². The summed E-state index contributed by atoms with van der Waals surface area (Å²) in [6.45, 7) is 6.10. The fourth-order valence-corrected chi connectivity index (χ4v) is 3.04. The number of anilines is 2. The highest BCUT2D eigenvalue weighted by Gasteiger charge is 2.22. The Labute approximate surface area is 185 Å². The van der Waals surface area contributed by atoms with Crippen molar-refractivity contribution >= 4 is 34.4 Å². The number of nitrogens with two attached hydrogens (primary N) is 1. The van der Waals surface area contributed by atoms with Crippen LogP contribution in [0.15, 0.2) is 47.3 Å². The number of hydrogen-bond donors (Lipinski definition) is 3. The molecule has 0 spiro atoms. The van der Waals surface area contributed by atoms with Gasteiger partial charge in [-0.15, -0.1) is 6.42 Å². The van der Waals surface area contributed by atoms with Crippen molar-refractivity contribution in [2.75, 3.05) is 16.8 Å². The van der Waals surface area contributed by atoms with Crippen molar-refractivity contribution in [1.29, 1.82) is 0 Å². The Hall–Kier alpha value is -4.12. The summed E-state index contributed by atoms with van der Waals surface area (Å²) in [6.07, 6.45) is 5.53. The molecule has 0 atom stereocenters. The highest BCUT2D eigenvalue weighted by Crippen LogP contribution is 2.20. The lowest BCUT2D eigenvalue weighted by Gasteiger charge is -2.23. The molecule has 0 radical (unpaired) electrons. The molecule has 4 N–H and O–H groups in total. The SMILES string of the molecule is C#CCN(Cc1ccc2nc(NC(=O)C(C)(C)C)[nH]c(=O)c2c1)c1ccc(C(N)=O)cc1. The zero-order valence-corrected chi connectivity index (χ0v) is 18.2. The number of benzene rings is 2. The molecule has 8 heteroatoms. The van der Waals surface area contributed by atoms with Gasteiger partial charge in [-0.25, -0.2) is 4.98 Å². The Balaban J connectivity index is 1.88. The molecule has 0 saturated carbocycles. The molecular weight excluding hydrogens is 406 g/mol. The lowest BCUT2D eigenvalue weighted by atomic mass is 9.96. The summed E-state index contributed by atoms with van der Waals surface area (Å²) in [5.41, 5.74) is 6.88. The number of carbonyl (C=O) groups excluding carboxylic acids is 2. The summed E-state index contributed by atoms with van der Waals surface area (Å²) in [7, 11) is 0. The minimum Gasteiger partial charge on any atom is -0.366 e. The second-order valence-electron chi connectivity index (χ2n) is 8.44. The van der Waals surface area contributed by atoms with Gasteiger partial charge in [0.05, 0.1) is 17.4 Å². The van der Waals surface area contributed by atoms with E-state index in [2.05, 4.69) is 21.2 Å². The third-order valence-electron chi connectivity index (χ3n) is 4.86. The molecular formula is C24H25N5O3. The van der Waals surface area contributed by atoms with E-state index in [1.54, 1.807) is 57.2 Å². The van der Waals surface area contributed by atoms with E-state index in [1.807, 2.05) is 11.0 Å².